The summed E-state index contributed by atoms with van der Waals surface area (Å²) < 4.78 is 0. The predicted octanol–water partition coefficient (Wildman–Crippen LogP) is 2.86. The summed E-state index contributed by atoms with van der Waals surface area (Å²) in [5.41, 5.74) is -4.20. The summed E-state index contributed by atoms with van der Waals surface area (Å²) in [6.45, 7) is 1.13. The molecule has 0 atom stereocenters. The van der Waals surface area contributed by atoms with E-state index in [1.165, 1.54) is 0 Å². The predicted molar refractivity (Wildman–Crippen MR) is 87.7 cm³/mol. The molecule has 0 aliphatic heterocycles. The second kappa shape index (κ2) is 6.91. The van der Waals surface area contributed by atoms with Gasteiger partial charge in [0.1, 0.15) is 5.56 Å². The van der Waals surface area contributed by atoms with E-state index in [-0.39, 0.29) is 5.56 Å². The first-order chi connectivity index (χ1) is 12.5. The molecule has 13 nitrogen and oxygen atoms in total. The van der Waals surface area contributed by atoms with E-state index in [2.05, 4.69) is 0 Å². The fourth-order valence-electron chi connectivity index (χ4n) is 2.30. The van der Waals surface area contributed by atoms with Gasteiger partial charge >= 0.3 is 0 Å². The lowest BCUT2D eigenvalue weighted by Crippen LogP contribution is -2.07. The van der Waals surface area contributed by atoms with Gasteiger partial charge in [0.25, 0.3) is 22.7 Å². The highest BCUT2D eigenvalue weighted by atomic mass is 16.6. The van der Waals surface area contributed by atoms with Gasteiger partial charge in [0.15, 0.2) is 5.78 Å². The molecule has 0 amide bonds. The van der Waals surface area contributed by atoms with Gasteiger partial charge in [0.05, 0.1) is 25.8 Å². The standard InChI is InChI=1S/C14H8N4O9/c1-7-12(17(24)25)4-9(5-13(7)18(26)27)14(19)8-2-10(15(20)21)6-11(3-8)16(22)23/h2-6H,1H3. The Morgan fingerprint density at radius 3 is 1.37 bits per heavy atom. The van der Waals surface area contributed by atoms with Crippen LogP contribution in [0.2, 0.25) is 0 Å². The average Bonchev–Trinajstić information content (AvgIpc) is 2.60. The molecule has 27 heavy (non-hydrogen) atoms. The number of carbonyl (C=O) groups excluding carboxylic acids is 1. The van der Waals surface area contributed by atoms with Crippen LogP contribution in [0.15, 0.2) is 30.3 Å². The van der Waals surface area contributed by atoms with Crippen molar-refractivity contribution in [1.29, 1.82) is 0 Å². The number of nitrogens with zero attached hydrogens (tertiary/aromatic N) is 4. The lowest BCUT2D eigenvalue weighted by molar-refractivity contribution is -0.395. The molecule has 0 fully saturated rings. The first-order valence-electron chi connectivity index (χ1n) is 6.95. The van der Waals surface area contributed by atoms with E-state index >= 15 is 0 Å². The summed E-state index contributed by atoms with van der Waals surface area (Å²) in [6.07, 6.45) is 0. The summed E-state index contributed by atoms with van der Waals surface area (Å²) in [6, 6.07) is 3.67. The van der Waals surface area contributed by atoms with Gasteiger partial charge < -0.3 is 0 Å². The molecule has 2 rings (SSSR count). The van der Waals surface area contributed by atoms with Crippen LogP contribution < -0.4 is 0 Å². The van der Waals surface area contributed by atoms with E-state index in [0.29, 0.717) is 6.07 Å². The minimum atomic E-state index is -1.08. The number of hydrogen-bond donors (Lipinski definition) is 0. The quantitative estimate of drug-likeness (QED) is 0.414. The Balaban J connectivity index is 2.71. The maximum absolute atomic E-state index is 12.6. The monoisotopic (exact) mass is 376 g/mol. The highest BCUT2D eigenvalue weighted by Gasteiger charge is 2.27. The van der Waals surface area contributed by atoms with Gasteiger partial charge in [-0.3, -0.25) is 45.3 Å². The number of hydrogen-bond acceptors (Lipinski definition) is 9. The molecule has 0 saturated carbocycles. The molecule has 0 aliphatic carbocycles. The summed E-state index contributed by atoms with van der Waals surface area (Å²) >= 11 is 0. The highest BCUT2D eigenvalue weighted by Crippen LogP contribution is 2.31. The minimum Gasteiger partial charge on any atom is -0.289 e. The van der Waals surface area contributed by atoms with Gasteiger partial charge in [0, 0.05) is 35.4 Å². The van der Waals surface area contributed by atoms with E-state index in [9.17, 15) is 45.3 Å². The molecule has 0 N–H and O–H groups in total. The first-order valence-corrected chi connectivity index (χ1v) is 6.95. The van der Waals surface area contributed by atoms with Crippen LogP contribution in [0.1, 0.15) is 21.5 Å². The maximum Gasteiger partial charge on any atom is 0.279 e. The van der Waals surface area contributed by atoms with Gasteiger partial charge in [-0.05, 0) is 6.92 Å². The zero-order chi connectivity index (χ0) is 20.5. The number of benzene rings is 2. The third-order valence-electron chi connectivity index (χ3n) is 3.59. The summed E-state index contributed by atoms with van der Waals surface area (Å²) in [5, 5.41) is 44.0. The molecule has 0 aromatic heterocycles. The zero-order valence-electron chi connectivity index (χ0n) is 13.3. The SMILES string of the molecule is Cc1c([N+](=O)[O-])cc(C(=O)c2cc([N+](=O)[O-])cc([N+](=O)[O-])c2)cc1[N+](=O)[O-]. The molecule has 0 heterocycles. The Labute approximate surface area is 148 Å². The van der Waals surface area contributed by atoms with Crippen LogP contribution >= 0.6 is 0 Å². The van der Waals surface area contributed by atoms with Gasteiger partial charge in [-0.15, -0.1) is 0 Å². The zero-order valence-corrected chi connectivity index (χ0v) is 13.3. The molecular weight excluding hydrogens is 368 g/mol. The van der Waals surface area contributed by atoms with Crippen molar-refractivity contribution < 1.29 is 24.5 Å². The van der Waals surface area contributed by atoms with E-state index in [1.807, 2.05) is 0 Å². The van der Waals surface area contributed by atoms with Crippen molar-refractivity contribution in [1.82, 2.24) is 0 Å². The van der Waals surface area contributed by atoms with Crippen LogP contribution in [0.3, 0.4) is 0 Å². The van der Waals surface area contributed by atoms with Crippen molar-refractivity contribution >= 4 is 28.5 Å². The van der Waals surface area contributed by atoms with Gasteiger partial charge in [-0.1, -0.05) is 0 Å². The van der Waals surface area contributed by atoms with Crippen molar-refractivity contribution in [2.45, 2.75) is 6.92 Å². The molecule has 0 bridgehead atoms. The molecule has 0 aliphatic rings. The Hall–Kier alpha value is -4.29. The molecule has 2 aromatic carbocycles. The number of nitro groups is 4. The van der Waals surface area contributed by atoms with Crippen LogP contribution in [0.5, 0.6) is 0 Å². The third-order valence-corrected chi connectivity index (χ3v) is 3.59. The second-order valence-electron chi connectivity index (χ2n) is 5.24. The van der Waals surface area contributed by atoms with Crippen molar-refractivity contribution in [2.75, 3.05) is 0 Å². The number of non-ortho nitro benzene ring substituents is 2. The normalized spacial score (nSPS) is 10.3. The van der Waals surface area contributed by atoms with Crippen molar-refractivity contribution in [3.63, 3.8) is 0 Å². The molecule has 0 unspecified atom stereocenters. The Kier molecular flexibility index (Phi) is 4.87. The van der Waals surface area contributed by atoms with E-state index in [0.717, 1.165) is 31.2 Å². The fourth-order valence-corrected chi connectivity index (χ4v) is 2.30. The summed E-state index contributed by atoms with van der Waals surface area (Å²) in [4.78, 5) is 52.8. The molecule has 13 heteroatoms. The van der Waals surface area contributed by atoms with E-state index in [4.69, 9.17) is 0 Å². The number of ketones is 1. The van der Waals surface area contributed by atoms with Crippen molar-refractivity contribution in [3.05, 3.63) is 87.5 Å². The highest BCUT2D eigenvalue weighted by molar-refractivity contribution is 6.10. The molecule has 0 saturated heterocycles. The largest absolute Gasteiger partial charge is 0.289 e. The van der Waals surface area contributed by atoms with Crippen molar-refractivity contribution in [3.8, 4) is 0 Å². The molecule has 0 spiro atoms. The molecular formula is C14H8N4O9. The van der Waals surface area contributed by atoms with Crippen LogP contribution in [-0.2, 0) is 0 Å². The van der Waals surface area contributed by atoms with Crippen LogP contribution in [0, 0.1) is 47.4 Å². The lowest BCUT2D eigenvalue weighted by atomic mass is 9.99. The number of rotatable bonds is 6. The summed E-state index contributed by atoms with van der Waals surface area (Å²) in [5.74, 6) is -1.08. The second-order valence-corrected chi connectivity index (χ2v) is 5.24. The lowest BCUT2D eigenvalue weighted by Gasteiger charge is -2.05. The fraction of sp³-hybridized carbons (Fsp3) is 0.0714. The summed E-state index contributed by atoms with van der Waals surface area (Å²) in [7, 11) is 0. The van der Waals surface area contributed by atoms with Gasteiger partial charge in [0.2, 0.25) is 0 Å². The number of nitro benzene ring substituents is 4. The number of carbonyl (C=O) groups is 1. The van der Waals surface area contributed by atoms with Crippen LogP contribution in [0.4, 0.5) is 22.7 Å². The smallest absolute Gasteiger partial charge is 0.279 e. The van der Waals surface area contributed by atoms with Gasteiger partial charge in [-0.2, -0.15) is 0 Å². The first kappa shape index (κ1) is 19.0. The van der Waals surface area contributed by atoms with E-state index < -0.39 is 59.4 Å². The Morgan fingerprint density at radius 1 is 0.667 bits per heavy atom. The average molecular weight is 376 g/mol. The molecule has 138 valence electrons. The Bertz CT molecular complexity index is 964. The topological polar surface area (TPSA) is 190 Å². The van der Waals surface area contributed by atoms with Crippen LogP contribution in [-0.4, -0.2) is 25.5 Å². The maximum atomic E-state index is 12.6. The van der Waals surface area contributed by atoms with Crippen molar-refractivity contribution in [2.24, 2.45) is 0 Å². The van der Waals surface area contributed by atoms with Gasteiger partial charge in [-0.25, -0.2) is 0 Å². The van der Waals surface area contributed by atoms with Crippen LogP contribution in [0.25, 0.3) is 0 Å². The third kappa shape index (κ3) is 3.71. The molecule has 2 aromatic rings. The van der Waals surface area contributed by atoms with E-state index in [1.54, 1.807) is 0 Å². The Morgan fingerprint density at radius 2 is 1.04 bits per heavy atom. The minimum absolute atomic E-state index is 0.286. The molecule has 0 radical (unpaired) electrons.